The summed E-state index contributed by atoms with van der Waals surface area (Å²) in [4.78, 5) is 49.3. The van der Waals surface area contributed by atoms with Crippen molar-refractivity contribution in [2.75, 3.05) is 18.4 Å². The zero-order valence-electron chi connectivity index (χ0n) is 15.1. The fourth-order valence-corrected chi connectivity index (χ4v) is 2.78. The van der Waals surface area contributed by atoms with Gasteiger partial charge in [-0.15, -0.1) is 0 Å². The first-order valence-corrected chi connectivity index (χ1v) is 8.76. The molecule has 2 rings (SSSR count). The van der Waals surface area contributed by atoms with Crippen LogP contribution in [0.1, 0.15) is 49.9 Å². The van der Waals surface area contributed by atoms with Gasteiger partial charge >= 0.3 is 5.97 Å². The number of esters is 1. The smallest absolute Gasteiger partial charge is 0.326 e. The molecule has 0 bridgehead atoms. The Bertz CT molecular complexity index is 701. The van der Waals surface area contributed by atoms with Gasteiger partial charge in [-0.1, -0.05) is 18.6 Å². The standard InChI is InChI=1S/C19H24N2O5/c1-13(22)15-8-5-6-9-16(15)20-19(25)14(2)26-18(24)12-21-11-7-3-4-10-17(21)23/h5-6,8-9,14H,3-4,7,10-12H2,1-2H3,(H,20,25)/t14-/m0/s1. The van der Waals surface area contributed by atoms with E-state index in [-0.39, 0.29) is 18.2 Å². The fourth-order valence-electron chi connectivity index (χ4n) is 2.78. The predicted molar refractivity (Wildman–Crippen MR) is 95.7 cm³/mol. The number of ketones is 1. The second kappa shape index (κ2) is 9.12. The van der Waals surface area contributed by atoms with Gasteiger partial charge in [-0.3, -0.25) is 19.2 Å². The quantitative estimate of drug-likeness (QED) is 0.620. The summed E-state index contributed by atoms with van der Waals surface area (Å²) >= 11 is 0. The molecule has 0 radical (unpaired) electrons. The molecule has 0 aliphatic carbocycles. The van der Waals surface area contributed by atoms with E-state index in [1.54, 1.807) is 24.3 Å². The summed E-state index contributed by atoms with van der Waals surface area (Å²) < 4.78 is 5.15. The van der Waals surface area contributed by atoms with E-state index in [1.165, 1.54) is 18.7 Å². The molecule has 1 fully saturated rings. The number of hydrogen-bond donors (Lipinski definition) is 1. The zero-order valence-corrected chi connectivity index (χ0v) is 15.1. The van der Waals surface area contributed by atoms with Crippen molar-refractivity contribution in [1.29, 1.82) is 0 Å². The second-order valence-corrected chi connectivity index (χ2v) is 6.35. The van der Waals surface area contributed by atoms with Crippen LogP contribution in [-0.2, 0) is 19.1 Å². The summed E-state index contributed by atoms with van der Waals surface area (Å²) in [5, 5.41) is 2.60. The lowest BCUT2D eigenvalue weighted by atomic mass is 10.1. The number of ether oxygens (including phenoxy) is 1. The number of nitrogens with one attached hydrogen (secondary N) is 1. The third kappa shape index (κ3) is 5.40. The Balaban J connectivity index is 1.91. The lowest BCUT2D eigenvalue weighted by molar-refractivity contribution is -0.156. The highest BCUT2D eigenvalue weighted by Crippen LogP contribution is 2.16. The average Bonchev–Trinajstić information content (AvgIpc) is 2.79. The van der Waals surface area contributed by atoms with Crippen LogP contribution in [0.4, 0.5) is 5.69 Å². The van der Waals surface area contributed by atoms with Gasteiger partial charge in [0.15, 0.2) is 11.9 Å². The number of para-hydroxylation sites is 1. The van der Waals surface area contributed by atoms with Gasteiger partial charge < -0.3 is 15.0 Å². The van der Waals surface area contributed by atoms with Gasteiger partial charge in [0, 0.05) is 18.5 Å². The minimum atomic E-state index is -1.04. The number of hydrogen-bond acceptors (Lipinski definition) is 5. The van der Waals surface area contributed by atoms with Crippen LogP contribution in [0.15, 0.2) is 24.3 Å². The van der Waals surface area contributed by atoms with Gasteiger partial charge in [0.05, 0.1) is 5.69 Å². The van der Waals surface area contributed by atoms with Gasteiger partial charge in [0.2, 0.25) is 5.91 Å². The van der Waals surface area contributed by atoms with Gasteiger partial charge in [-0.25, -0.2) is 0 Å². The number of benzene rings is 1. The molecule has 140 valence electrons. The number of carbonyl (C=O) groups excluding carboxylic acids is 4. The van der Waals surface area contributed by atoms with Crippen molar-refractivity contribution in [1.82, 2.24) is 4.90 Å². The van der Waals surface area contributed by atoms with E-state index >= 15 is 0 Å². The maximum Gasteiger partial charge on any atom is 0.326 e. The van der Waals surface area contributed by atoms with Crippen LogP contribution >= 0.6 is 0 Å². The maximum absolute atomic E-state index is 12.3. The number of carbonyl (C=O) groups is 4. The Labute approximate surface area is 152 Å². The molecule has 0 aromatic heterocycles. The highest BCUT2D eigenvalue weighted by atomic mass is 16.5. The molecular formula is C19H24N2O5. The Morgan fingerprint density at radius 3 is 2.65 bits per heavy atom. The number of likely N-dealkylation sites (tertiary alicyclic amines) is 1. The van der Waals surface area contributed by atoms with Crippen molar-refractivity contribution in [2.24, 2.45) is 0 Å². The number of rotatable bonds is 6. The van der Waals surface area contributed by atoms with E-state index < -0.39 is 18.0 Å². The van der Waals surface area contributed by atoms with Crippen LogP contribution < -0.4 is 5.32 Å². The first-order valence-electron chi connectivity index (χ1n) is 8.76. The summed E-state index contributed by atoms with van der Waals surface area (Å²) in [6, 6.07) is 6.62. The summed E-state index contributed by atoms with van der Waals surface area (Å²) in [6.45, 7) is 3.24. The minimum absolute atomic E-state index is 0.0630. The average molecular weight is 360 g/mol. The van der Waals surface area contributed by atoms with Crippen LogP contribution in [0.25, 0.3) is 0 Å². The molecule has 26 heavy (non-hydrogen) atoms. The normalized spacial score (nSPS) is 15.8. The van der Waals surface area contributed by atoms with E-state index in [2.05, 4.69) is 5.32 Å². The molecule has 0 unspecified atom stereocenters. The Morgan fingerprint density at radius 2 is 1.92 bits per heavy atom. The molecule has 1 N–H and O–H groups in total. The molecule has 7 heteroatoms. The topological polar surface area (TPSA) is 92.8 Å². The van der Waals surface area contributed by atoms with Crippen molar-refractivity contribution >= 4 is 29.3 Å². The van der Waals surface area contributed by atoms with Crippen molar-refractivity contribution in [3.8, 4) is 0 Å². The number of Topliss-reactive ketones (excluding diaryl/α,β-unsaturated/α-hetero) is 1. The Kier molecular flexibility index (Phi) is 6.89. The zero-order chi connectivity index (χ0) is 19.1. The van der Waals surface area contributed by atoms with E-state index in [9.17, 15) is 19.2 Å². The highest BCUT2D eigenvalue weighted by Gasteiger charge is 2.23. The van der Waals surface area contributed by atoms with Gasteiger partial charge in [-0.05, 0) is 38.8 Å². The third-order valence-electron chi connectivity index (χ3n) is 4.23. The molecular weight excluding hydrogens is 336 g/mol. The fraction of sp³-hybridized carbons (Fsp3) is 0.474. The molecule has 1 aliphatic rings. The van der Waals surface area contributed by atoms with Gasteiger partial charge in [0.25, 0.3) is 5.91 Å². The largest absolute Gasteiger partial charge is 0.451 e. The number of amides is 2. The van der Waals surface area contributed by atoms with Crippen molar-refractivity contribution < 1.29 is 23.9 Å². The predicted octanol–water partition coefficient (Wildman–Crippen LogP) is 2.16. The van der Waals surface area contributed by atoms with Crippen molar-refractivity contribution in [2.45, 2.75) is 45.6 Å². The second-order valence-electron chi connectivity index (χ2n) is 6.35. The summed E-state index contributed by atoms with van der Waals surface area (Å²) in [6.07, 6.45) is 2.05. The van der Waals surface area contributed by atoms with Gasteiger partial charge in [0.1, 0.15) is 6.54 Å². The third-order valence-corrected chi connectivity index (χ3v) is 4.23. The van der Waals surface area contributed by atoms with Crippen LogP contribution in [-0.4, -0.2) is 47.7 Å². The first-order chi connectivity index (χ1) is 12.4. The summed E-state index contributed by atoms with van der Waals surface area (Å²) in [5.74, 6) is -1.39. The minimum Gasteiger partial charge on any atom is -0.451 e. The molecule has 1 aliphatic heterocycles. The SMILES string of the molecule is CC(=O)c1ccccc1NC(=O)[C@H](C)OC(=O)CN1CCCCCC1=O. The van der Waals surface area contributed by atoms with E-state index in [0.29, 0.717) is 24.2 Å². The summed E-state index contributed by atoms with van der Waals surface area (Å²) in [7, 11) is 0. The van der Waals surface area contributed by atoms with Crippen molar-refractivity contribution in [3.05, 3.63) is 29.8 Å². The van der Waals surface area contributed by atoms with E-state index in [4.69, 9.17) is 4.74 Å². The maximum atomic E-state index is 12.3. The molecule has 1 aromatic carbocycles. The van der Waals surface area contributed by atoms with Crippen molar-refractivity contribution in [3.63, 3.8) is 0 Å². The van der Waals surface area contributed by atoms with Crippen LogP contribution in [0.2, 0.25) is 0 Å². The molecule has 0 saturated carbocycles. The lowest BCUT2D eigenvalue weighted by Crippen LogP contribution is -2.39. The highest BCUT2D eigenvalue weighted by molar-refractivity contribution is 6.04. The number of nitrogens with zero attached hydrogens (tertiary/aromatic N) is 1. The first kappa shape index (κ1) is 19.6. The Morgan fingerprint density at radius 1 is 1.19 bits per heavy atom. The Hall–Kier alpha value is -2.70. The molecule has 7 nitrogen and oxygen atoms in total. The molecule has 2 amide bonds. The number of anilines is 1. The monoisotopic (exact) mass is 360 g/mol. The van der Waals surface area contributed by atoms with Crippen LogP contribution in [0.5, 0.6) is 0 Å². The molecule has 0 spiro atoms. The van der Waals surface area contributed by atoms with E-state index in [1.807, 2.05) is 0 Å². The summed E-state index contributed by atoms with van der Waals surface area (Å²) in [5.41, 5.74) is 0.755. The van der Waals surface area contributed by atoms with Crippen LogP contribution in [0.3, 0.4) is 0 Å². The molecule has 1 saturated heterocycles. The van der Waals surface area contributed by atoms with E-state index in [0.717, 1.165) is 19.3 Å². The van der Waals surface area contributed by atoms with Crippen LogP contribution in [0, 0.1) is 0 Å². The molecule has 1 atom stereocenters. The lowest BCUT2D eigenvalue weighted by Gasteiger charge is -2.21. The van der Waals surface area contributed by atoms with Gasteiger partial charge in [-0.2, -0.15) is 0 Å². The molecule has 1 aromatic rings. The molecule has 1 heterocycles.